The highest BCUT2D eigenvalue weighted by atomic mass is 16.2. The van der Waals surface area contributed by atoms with Gasteiger partial charge in [-0.15, -0.1) is 10.2 Å². The number of nitriles is 1. The third-order valence-corrected chi connectivity index (χ3v) is 10.2. The second kappa shape index (κ2) is 12.5. The van der Waals surface area contributed by atoms with Crippen molar-refractivity contribution in [1.29, 1.82) is 5.26 Å². The van der Waals surface area contributed by atoms with E-state index in [2.05, 4.69) is 45.9 Å². The van der Waals surface area contributed by atoms with Crippen LogP contribution >= 0.6 is 0 Å². The second-order valence-corrected chi connectivity index (χ2v) is 14.0. The summed E-state index contributed by atoms with van der Waals surface area (Å²) in [7, 11) is 6.95. The van der Waals surface area contributed by atoms with E-state index in [1.807, 2.05) is 36.4 Å². The molecule has 0 radical (unpaired) electrons. The largest absolute Gasteiger partial charge is 0.345 e. The monoisotopic (exact) mass is 637 g/mol. The Morgan fingerprint density at radius 2 is 1.60 bits per heavy atom. The van der Waals surface area contributed by atoms with Gasteiger partial charge in [0.25, 0.3) is 11.8 Å². The van der Waals surface area contributed by atoms with Gasteiger partial charge in [-0.25, -0.2) is 0 Å². The number of piperidine rings is 1. The number of hydrogen-bond acceptors (Lipinski definition) is 8. The Kier molecular flexibility index (Phi) is 8.61. The minimum atomic E-state index is -0.928. The Morgan fingerprint density at radius 1 is 1.00 bits per heavy atom. The molecule has 1 saturated heterocycles. The quantitative estimate of drug-likeness (QED) is 0.363. The number of nitrogens with one attached hydrogen (secondary N) is 2. The van der Waals surface area contributed by atoms with Crippen molar-refractivity contribution in [2.75, 3.05) is 34.7 Å². The molecule has 4 atom stereocenters. The molecule has 246 valence electrons. The van der Waals surface area contributed by atoms with Crippen molar-refractivity contribution in [3.63, 3.8) is 0 Å². The molecule has 0 bridgehead atoms. The molecule has 0 spiro atoms. The van der Waals surface area contributed by atoms with Crippen LogP contribution in [0.25, 0.3) is 0 Å². The van der Waals surface area contributed by atoms with E-state index in [1.165, 1.54) is 0 Å². The third-order valence-electron chi connectivity index (χ3n) is 10.2. The van der Waals surface area contributed by atoms with Gasteiger partial charge >= 0.3 is 0 Å². The topological polar surface area (TPSA) is 151 Å². The van der Waals surface area contributed by atoms with Gasteiger partial charge in [0, 0.05) is 51.4 Å². The van der Waals surface area contributed by atoms with E-state index in [0.717, 1.165) is 35.1 Å². The van der Waals surface area contributed by atoms with Gasteiger partial charge in [0.15, 0.2) is 5.82 Å². The van der Waals surface area contributed by atoms with Crippen LogP contribution in [0.15, 0.2) is 36.4 Å². The van der Waals surface area contributed by atoms with Crippen LogP contribution in [0.4, 0.5) is 0 Å². The summed E-state index contributed by atoms with van der Waals surface area (Å²) in [4.78, 5) is 44.6. The zero-order chi connectivity index (χ0) is 33.6. The molecule has 2 aromatic carbocycles. The third kappa shape index (κ3) is 5.78. The van der Waals surface area contributed by atoms with Gasteiger partial charge in [-0.3, -0.25) is 14.4 Å². The maximum absolute atomic E-state index is 13.5. The molecular formula is C35H43N9O3. The van der Waals surface area contributed by atoms with Crippen molar-refractivity contribution >= 4 is 17.7 Å². The van der Waals surface area contributed by atoms with E-state index in [4.69, 9.17) is 0 Å². The summed E-state index contributed by atoms with van der Waals surface area (Å²) in [5.74, 6) is 0.789. The van der Waals surface area contributed by atoms with Crippen molar-refractivity contribution in [2.24, 2.45) is 11.8 Å². The molecule has 47 heavy (non-hydrogen) atoms. The second-order valence-electron chi connectivity index (χ2n) is 14.0. The number of aromatic amines is 1. The molecule has 0 unspecified atom stereocenters. The number of aryl methyl sites for hydroxylation is 2. The van der Waals surface area contributed by atoms with Crippen molar-refractivity contribution in [2.45, 2.75) is 69.5 Å². The van der Waals surface area contributed by atoms with Gasteiger partial charge in [-0.1, -0.05) is 31.2 Å². The molecule has 2 fully saturated rings. The van der Waals surface area contributed by atoms with Gasteiger partial charge in [0.2, 0.25) is 5.91 Å². The average Bonchev–Trinajstić information content (AvgIpc) is 3.44. The van der Waals surface area contributed by atoms with Crippen LogP contribution in [-0.4, -0.2) is 106 Å². The summed E-state index contributed by atoms with van der Waals surface area (Å²) >= 11 is 0. The summed E-state index contributed by atoms with van der Waals surface area (Å²) in [6, 6.07) is 13.6. The molecular weight excluding hydrogens is 594 g/mol. The lowest BCUT2D eigenvalue weighted by atomic mass is 9.66. The van der Waals surface area contributed by atoms with Crippen LogP contribution in [0, 0.1) is 23.2 Å². The number of aromatic nitrogens is 4. The maximum atomic E-state index is 13.5. The van der Waals surface area contributed by atoms with E-state index >= 15 is 0 Å². The summed E-state index contributed by atoms with van der Waals surface area (Å²) in [6.07, 6.45) is 3.49. The van der Waals surface area contributed by atoms with Gasteiger partial charge in [-0.2, -0.15) is 10.5 Å². The van der Waals surface area contributed by atoms with Gasteiger partial charge in [0.05, 0.1) is 18.0 Å². The number of carbonyl (C=O) groups is 3. The average molecular weight is 638 g/mol. The Labute approximate surface area is 275 Å². The normalized spacial score (nSPS) is 21.1. The molecule has 1 aromatic heterocycles. The number of fused-ring (bicyclic) bond motifs is 3. The summed E-state index contributed by atoms with van der Waals surface area (Å²) in [5, 5.41) is 29.1. The molecule has 2 aliphatic carbocycles. The lowest BCUT2D eigenvalue weighted by Crippen LogP contribution is -2.49. The highest BCUT2D eigenvalue weighted by Crippen LogP contribution is 2.49. The lowest BCUT2D eigenvalue weighted by Gasteiger charge is -2.38. The number of tetrazole rings is 1. The number of likely N-dealkylation sites (tertiary alicyclic amines) is 1. The molecule has 6 rings (SSSR count). The highest BCUT2D eigenvalue weighted by Gasteiger charge is 2.54. The minimum Gasteiger partial charge on any atom is -0.345 e. The zero-order valence-electron chi connectivity index (χ0n) is 27.9. The number of benzene rings is 2. The molecule has 1 aliphatic heterocycles. The fourth-order valence-electron chi connectivity index (χ4n) is 7.64. The minimum absolute atomic E-state index is 0.0545. The Hall–Kier alpha value is -4.63. The van der Waals surface area contributed by atoms with Crippen LogP contribution < -0.4 is 5.32 Å². The van der Waals surface area contributed by atoms with Crippen LogP contribution in [0.3, 0.4) is 0 Å². The van der Waals surface area contributed by atoms with Crippen LogP contribution in [0.2, 0.25) is 0 Å². The molecule has 12 heteroatoms. The maximum Gasteiger partial charge on any atom is 0.253 e. The van der Waals surface area contributed by atoms with E-state index in [9.17, 15) is 19.6 Å². The predicted molar refractivity (Wildman–Crippen MR) is 174 cm³/mol. The van der Waals surface area contributed by atoms with Crippen LogP contribution in [-0.2, 0) is 23.1 Å². The molecule has 3 amide bonds. The fraction of sp³-hybridized carbons (Fsp3) is 0.514. The van der Waals surface area contributed by atoms with Crippen molar-refractivity contribution in [3.8, 4) is 6.07 Å². The first-order valence-corrected chi connectivity index (χ1v) is 16.3. The predicted octanol–water partition coefficient (Wildman–Crippen LogP) is 2.55. The SMILES string of the molecule is CC(C)[C@@H](CC1(c2nn[nH]n2)c2ccc(C(=O)N(C)C)cc2CCc2cc(C(=O)N(C)C)ccc21)NCC(=O)N1[C@H](C#N)C[C@@H]2C[C@@H]21. The number of amides is 3. The summed E-state index contributed by atoms with van der Waals surface area (Å²) in [5.41, 5.74) is 4.16. The molecule has 12 nitrogen and oxygen atoms in total. The summed E-state index contributed by atoms with van der Waals surface area (Å²) < 4.78 is 0. The smallest absolute Gasteiger partial charge is 0.253 e. The van der Waals surface area contributed by atoms with Crippen molar-refractivity contribution in [1.82, 2.24) is 40.6 Å². The first-order chi connectivity index (χ1) is 22.5. The van der Waals surface area contributed by atoms with Crippen LogP contribution in [0.5, 0.6) is 0 Å². The van der Waals surface area contributed by atoms with Crippen LogP contribution in [0.1, 0.15) is 81.9 Å². The molecule has 1 saturated carbocycles. The Balaban J connectivity index is 1.46. The van der Waals surface area contributed by atoms with Crippen molar-refractivity contribution in [3.05, 3.63) is 75.6 Å². The van der Waals surface area contributed by atoms with Gasteiger partial charge < -0.3 is 20.0 Å². The van der Waals surface area contributed by atoms with E-state index in [1.54, 1.807) is 42.9 Å². The van der Waals surface area contributed by atoms with E-state index in [0.29, 0.717) is 42.1 Å². The first-order valence-electron chi connectivity index (χ1n) is 16.3. The van der Waals surface area contributed by atoms with E-state index < -0.39 is 5.41 Å². The Morgan fingerprint density at radius 3 is 2.09 bits per heavy atom. The zero-order valence-corrected chi connectivity index (χ0v) is 27.9. The first kappa shape index (κ1) is 32.3. The lowest BCUT2D eigenvalue weighted by molar-refractivity contribution is -0.131. The number of H-pyrrole nitrogens is 1. The number of carbonyl (C=O) groups excluding carboxylic acids is 3. The fourth-order valence-corrected chi connectivity index (χ4v) is 7.64. The Bertz CT molecular complexity index is 1650. The van der Waals surface area contributed by atoms with Gasteiger partial charge in [-0.05, 0) is 90.5 Å². The summed E-state index contributed by atoms with van der Waals surface area (Å²) in [6.45, 7) is 4.35. The number of rotatable bonds is 9. The number of nitrogens with zero attached hydrogens (tertiary/aromatic N) is 7. The standard InChI is InChI=1S/C35H43N9O3/c1-20(2)29(37-19-31(45)44-26(18-36)15-25-16-30(25)44)17-35(34-38-40-41-39-34)27-11-9-23(32(46)42(3)4)13-21(27)7-8-22-14-24(10-12-28(22)35)33(47)43(5)6/h9-14,20,25-26,29-30,37H,7-8,15-17,19H2,1-6H3,(H,38,39,40,41)/t25-,26+,29-,30+/m1/s1. The molecule has 3 aliphatic rings. The van der Waals surface area contributed by atoms with Crippen molar-refractivity contribution < 1.29 is 14.4 Å². The highest BCUT2D eigenvalue weighted by molar-refractivity contribution is 5.95. The van der Waals surface area contributed by atoms with Gasteiger partial charge in [0.1, 0.15) is 6.04 Å². The molecule has 2 heterocycles. The molecule has 3 aromatic rings. The number of hydrogen-bond donors (Lipinski definition) is 2. The molecule has 2 N–H and O–H groups in total. The van der Waals surface area contributed by atoms with E-state index in [-0.39, 0.29) is 48.3 Å².